The summed E-state index contributed by atoms with van der Waals surface area (Å²) in [4.78, 5) is 14.9. The van der Waals surface area contributed by atoms with Crippen LogP contribution in [0.3, 0.4) is 0 Å². The van der Waals surface area contributed by atoms with Gasteiger partial charge in [-0.15, -0.1) is 0 Å². The third-order valence-electron chi connectivity index (χ3n) is 5.21. The Balaban J connectivity index is 1.81. The minimum Gasteiger partial charge on any atom is -0.493 e. The normalized spacial score (nSPS) is 11.3. The van der Waals surface area contributed by atoms with Crippen molar-refractivity contribution >= 4 is 15.9 Å². The third-order valence-corrected chi connectivity index (χ3v) is 7.01. The van der Waals surface area contributed by atoms with Crippen LogP contribution in [0, 0.1) is 0 Å². The maximum atomic E-state index is 13.2. The van der Waals surface area contributed by atoms with Crippen molar-refractivity contribution in [3.05, 3.63) is 90.0 Å². The summed E-state index contributed by atoms with van der Waals surface area (Å²) in [7, 11) is 0.390. The molecule has 0 aliphatic heterocycles. The summed E-state index contributed by atoms with van der Waals surface area (Å²) in [5.74, 6) is 0.425. The van der Waals surface area contributed by atoms with Gasteiger partial charge in [0.05, 0.1) is 25.7 Å². The second-order valence-corrected chi connectivity index (χ2v) is 9.54. The predicted octanol–water partition coefficient (Wildman–Crippen LogP) is 3.55. The summed E-state index contributed by atoms with van der Waals surface area (Å²) in [5, 5.41) is 0. The second-order valence-electron chi connectivity index (χ2n) is 7.50. The van der Waals surface area contributed by atoms with Crippen molar-refractivity contribution in [1.29, 1.82) is 0 Å². The van der Waals surface area contributed by atoms with E-state index >= 15 is 0 Å². The topological polar surface area (TPSA) is 76.2 Å². The Hall–Kier alpha value is -3.36. The number of sulfonamides is 1. The molecule has 0 bridgehead atoms. The molecule has 7 nitrogen and oxygen atoms in total. The summed E-state index contributed by atoms with van der Waals surface area (Å²) in [6.45, 7) is 0.452. The Morgan fingerprint density at radius 2 is 1.30 bits per heavy atom. The quantitative estimate of drug-likeness (QED) is 0.455. The molecule has 0 radical (unpaired) electrons. The summed E-state index contributed by atoms with van der Waals surface area (Å²) < 4.78 is 37.7. The average molecular weight is 469 g/mol. The van der Waals surface area contributed by atoms with Crippen molar-refractivity contribution in [3.63, 3.8) is 0 Å². The molecular weight excluding hydrogens is 440 g/mol. The molecule has 33 heavy (non-hydrogen) atoms. The molecule has 0 saturated heterocycles. The van der Waals surface area contributed by atoms with Crippen LogP contribution in [-0.2, 0) is 27.9 Å². The Kier molecular flexibility index (Phi) is 8.08. The summed E-state index contributed by atoms with van der Waals surface area (Å²) >= 11 is 0. The van der Waals surface area contributed by atoms with E-state index in [1.54, 1.807) is 4.90 Å². The smallest absolute Gasteiger partial charge is 0.243 e. The number of carbonyl (C=O) groups is 1. The van der Waals surface area contributed by atoms with Crippen LogP contribution in [0.4, 0.5) is 0 Å². The van der Waals surface area contributed by atoms with Gasteiger partial charge in [0.2, 0.25) is 15.9 Å². The number of likely N-dealkylation sites (N-methyl/N-ethyl adjacent to an activating group) is 1. The molecule has 0 aromatic heterocycles. The van der Waals surface area contributed by atoms with Gasteiger partial charge in [0, 0.05) is 26.2 Å². The number of benzene rings is 3. The highest BCUT2D eigenvalue weighted by Gasteiger charge is 2.26. The molecule has 0 aliphatic rings. The first kappa shape index (κ1) is 24.3. The Labute approximate surface area is 195 Å². The highest BCUT2D eigenvalue weighted by molar-refractivity contribution is 7.89. The van der Waals surface area contributed by atoms with Crippen molar-refractivity contribution in [2.45, 2.75) is 18.0 Å². The van der Waals surface area contributed by atoms with E-state index in [2.05, 4.69) is 0 Å². The van der Waals surface area contributed by atoms with Gasteiger partial charge in [0.1, 0.15) is 0 Å². The summed E-state index contributed by atoms with van der Waals surface area (Å²) in [6, 6.07) is 23.6. The van der Waals surface area contributed by atoms with Crippen LogP contribution in [-0.4, -0.2) is 51.3 Å². The SMILES string of the molecule is COc1ccc(S(=O)(=O)N(C)CC(=O)N(Cc2ccccc2)Cc2ccccc2)cc1OC. The van der Waals surface area contributed by atoms with Gasteiger partial charge in [-0.2, -0.15) is 4.31 Å². The maximum absolute atomic E-state index is 13.2. The van der Waals surface area contributed by atoms with E-state index in [1.807, 2.05) is 60.7 Å². The zero-order valence-corrected chi connectivity index (χ0v) is 19.8. The van der Waals surface area contributed by atoms with Crippen molar-refractivity contribution in [1.82, 2.24) is 9.21 Å². The lowest BCUT2D eigenvalue weighted by Crippen LogP contribution is -2.40. The van der Waals surface area contributed by atoms with Gasteiger partial charge in [0.15, 0.2) is 11.5 Å². The highest BCUT2D eigenvalue weighted by Crippen LogP contribution is 2.30. The summed E-state index contributed by atoms with van der Waals surface area (Å²) in [6.07, 6.45) is 0. The molecule has 3 rings (SSSR count). The molecule has 0 spiro atoms. The number of ether oxygens (including phenoxy) is 2. The van der Waals surface area contributed by atoms with Crippen LogP contribution >= 0.6 is 0 Å². The van der Waals surface area contributed by atoms with E-state index in [4.69, 9.17) is 9.47 Å². The number of amides is 1. The van der Waals surface area contributed by atoms with E-state index in [-0.39, 0.29) is 17.3 Å². The molecule has 0 N–H and O–H groups in total. The van der Waals surface area contributed by atoms with E-state index in [1.165, 1.54) is 39.5 Å². The minimum atomic E-state index is -3.92. The fraction of sp³-hybridized carbons (Fsp3) is 0.240. The molecule has 0 heterocycles. The molecule has 8 heteroatoms. The fourth-order valence-corrected chi connectivity index (χ4v) is 4.51. The lowest BCUT2D eigenvalue weighted by Gasteiger charge is -2.26. The Bertz CT molecular complexity index is 1130. The molecule has 0 atom stereocenters. The first-order valence-electron chi connectivity index (χ1n) is 10.4. The van der Waals surface area contributed by atoms with Crippen LogP contribution in [0.2, 0.25) is 0 Å². The van der Waals surface area contributed by atoms with Crippen LogP contribution in [0.5, 0.6) is 11.5 Å². The Morgan fingerprint density at radius 1 is 0.788 bits per heavy atom. The zero-order chi connectivity index (χ0) is 23.8. The van der Waals surface area contributed by atoms with E-state index < -0.39 is 10.0 Å². The number of carbonyl (C=O) groups excluding carboxylic acids is 1. The molecule has 0 fully saturated rings. The number of nitrogens with zero attached hydrogens (tertiary/aromatic N) is 2. The predicted molar refractivity (Wildman–Crippen MR) is 126 cm³/mol. The molecule has 3 aromatic rings. The molecule has 0 aliphatic carbocycles. The largest absolute Gasteiger partial charge is 0.493 e. The second kappa shape index (κ2) is 11.0. The number of hydrogen-bond acceptors (Lipinski definition) is 5. The van der Waals surface area contributed by atoms with Crippen LogP contribution in [0.15, 0.2) is 83.8 Å². The minimum absolute atomic E-state index is 0.0214. The summed E-state index contributed by atoms with van der Waals surface area (Å²) in [5.41, 5.74) is 1.93. The third kappa shape index (κ3) is 6.12. The first-order chi connectivity index (χ1) is 15.8. The molecule has 3 aromatic carbocycles. The molecule has 0 saturated carbocycles. The monoisotopic (exact) mass is 468 g/mol. The van der Waals surface area contributed by atoms with Gasteiger partial charge in [-0.05, 0) is 23.3 Å². The van der Waals surface area contributed by atoms with Gasteiger partial charge in [-0.1, -0.05) is 60.7 Å². The highest BCUT2D eigenvalue weighted by atomic mass is 32.2. The number of rotatable bonds is 10. The van der Waals surface area contributed by atoms with Gasteiger partial charge in [-0.3, -0.25) is 4.79 Å². The van der Waals surface area contributed by atoms with E-state index in [0.29, 0.717) is 24.6 Å². The zero-order valence-electron chi connectivity index (χ0n) is 19.0. The van der Waals surface area contributed by atoms with Crippen LogP contribution < -0.4 is 9.47 Å². The van der Waals surface area contributed by atoms with Crippen molar-refractivity contribution in [3.8, 4) is 11.5 Å². The van der Waals surface area contributed by atoms with Crippen molar-refractivity contribution in [2.75, 3.05) is 27.8 Å². The maximum Gasteiger partial charge on any atom is 0.243 e. The standard InChI is InChI=1S/C25H28N2O5S/c1-26(33(29,30)22-14-15-23(31-2)24(16-22)32-3)19-25(28)27(17-20-10-6-4-7-11-20)18-21-12-8-5-9-13-21/h4-16H,17-19H2,1-3H3. The number of methoxy groups -OCH3 is 2. The molecular formula is C25H28N2O5S. The van der Waals surface area contributed by atoms with Crippen molar-refractivity contribution in [2.24, 2.45) is 0 Å². The first-order valence-corrected chi connectivity index (χ1v) is 11.8. The Morgan fingerprint density at radius 3 is 1.79 bits per heavy atom. The van der Waals surface area contributed by atoms with Crippen molar-refractivity contribution < 1.29 is 22.7 Å². The van der Waals surface area contributed by atoms with Crippen LogP contribution in [0.1, 0.15) is 11.1 Å². The molecule has 0 unspecified atom stereocenters. The van der Waals surface area contributed by atoms with Gasteiger partial charge in [0.25, 0.3) is 0 Å². The lowest BCUT2D eigenvalue weighted by molar-refractivity contribution is -0.132. The lowest BCUT2D eigenvalue weighted by atomic mass is 10.1. The van der Waals surface area contributed by atoms with Crippen LogP contribution in [0.25, 0.3) is 0 Å². The van der Waals surface area contributed by atoms with Gasteiger partial charge >= 0.3 is 0 Å². The van der Waals surface area contributed by atoms with E-state index in [9.17, 15) is 13.2 Å². The average Bonchev–Trinajstić information content (AvgIpc) is 2.84. The fourth-order valence-electron chi connectivity index (χ4n) is 3.37. The number of hydrogen-bond donors (Lipinski definition) is 0. The molecule has 174 valence electrons. The molecule has 1 amide bonds. The van der Waals surface area contributed by atoms with Gasteiger partial charge < -0.3 is 14.4 Å². The van der Waals surface area contributed by atoms with E-state index in [0.717, 1.165) is 15.4 Å². The van der Waals surface area contributed by atoms with Gasteiger partial charge in [-0.25, -0.2) is 8.42 Å².